The monoisotopic (exact) mass is 277 g/mol. The molecule has 1 aromatic rings. The van der Waals surface area contributed by atoms with Crippen LogP contribution in [0.3, 0.4) is 0 Å². The van der Waals surface area contributed by atoms with Gasteiger partial charge in [-0.15, -0.1) is 0 Å². The third kappa shape index (κ3) is 3.63. The molecule has 0 aromatic heterocycles. The molecule has 0 spiro atoms. The number of anilines is 2. The fourth-order valence-corrected chi connectivity index (χ4v) is 2.72. The van der Waals surface area contributed by atoms with Crippen LogP contribution >= 0.6 is 0 Å². The molecular formula is C15H23N3O2. The fourth-order valence-electron chi connectivity index (χ4n) is 2.72. The maximum atomic E-state index is 11.1. The molecule has 0 amide bonds. The highest BCUT2D eigenvalue weighted by Crippen LogP contribution is 2.23. The van der Waals surface area contributed by atoms with E-state index in [1.165, 1.54) is 25.3 Å². The molecule has 1 heterocycles. The van der Waals surface area contributed by atoms with Crippen LogP contribution in [0, 0.1) is 0 Å². The number of carboxylic acids is 1. The Kier molecular flexibility index (Phi) is 4.84. The van der Waals surface area contributed by atoms with E-state index in [9.17, 15) is 4.79 Å². The van der Waals surface area contributed by atoms with Crippen molar-refractivity contribution < 1.29 is 9.90 Å². The molecule has 5 heteroatoms. The van der Waals surface area contributed by atoms with E-state index in [1.54, 1.807) is 6.07 Å². The van der Waals surface area contributed by atoms with Gasteiger partial charge in [0.25, 0.3) is 0 Å². The van der Waals surface area contributed by atoms with E-state index >= 15 is 0 Å². The van der Waals surface area contributed by atoms with Crippen molar-refractivity contribution in [1.29, 1.82) is 0 Å². The average molecular weight is 277 g/mol. The summed E-state index contributed by atoms with van der Waals surface area (Å²) < 4.78 is 0. The maximum absolute atomic E-state index is 11.1. The molecule has 5 nitrogen and oxygen atoms in total. The SMILES string of the molecule is CC(CN1CCCCC1)Nc1cccc(C(=O)O)c1N. The number of nitrogens with zero attached hydrogens (tertiary/aromatic N) is 1. The van der Waals surface area contributed by atoms with Gasteiger partial charge in [-0.25, -0.2) is 4.79 Å². The predicted octanol–water partition coefficient (Wildman–Crippen LogP) is 2.25. The quantitative estimate of drug-likeness (QED) is 0.719. The second-order valence-corrected chi connectivity index (χ2v) is 5.48. The summed E-state index contributed by atoms with van der Waals surface area (Å²) in [6, 6.07) is 5.31. The van der Waals surface area contributed by atoms with Crippen molar-refractivity contribution in [3.05, 3.63) is 23.8 Å². The molecule has 1 unspecified atom stereocenters. The summed E-state index contributed by atoms with van der Waals surface area (Å²) in [7, 11) is 0. The van der Waals surface area contributed by atoms with Crippen LogP contribution in [-0.2, 0) is 0 Å². The number of nitrogens with one attached hydrogen (secondary N) is 1. The van der Waals surface area contributed by atoms with Gasteiger partial charge in [-0.3, -0.25) is 0 Å². The first kappa shape index (κ1) is 14.7. The van der Waals surface area contributed by atoms with Gasteiger partial charge in [0.1, 0.15) is 0 Å². The number of aromatic carboxylic acids is 1. The molecule has 1 fully saturated rings. The number of hydrogen-bond donors (Lipinski definition) is 3. The standard InChI is InChI=1S/C15H23N3O2/c1-11(10-18-8-3-2-4-9-18)17-13-7-5-6-12(14(13)16)15(19)20/h5-7,11,17H,2-4,8-10,16H2,1H3,(H,19,20). The Labute approximate surface area is 119 Å². The second kappa shape index (κ2) is 6.61. The van der Waals surface area contributed by atoms with Gasteiger partial charge < -0.3 is 21.1 Å². The lowest BCUT2D eigenvalue weighted by Crippen LogP contribution is -2.38. The number of para-hydroxylation sites is 1. The first-order chi connectivity index (χ1) is 9.58. The van der Waals surface area contributed by atoms with Gasteiger partial charge in [-0.2, -0.15) is 0 Å². The molecule has 20 heavy (non-hydrogen) atoms. The highest BCUT2D eigenvalue weighted by Gasteiger charge is 2.15. The number of hydrogen-bond acceptors (Lipinski definition) is 4. The number of benzene rings is 1. The summed E-state index contributed by atoms with van der Waals surface area (Å²) >= 11 is 0. The minimum Gasteiger partial charge on any atom is -0.478 e. The van der Waals surface area contributed by atoms with Crippen molar-refractivity contribution in [1.82, 2.24) is 4.90 Å². The summed E-state index contributed by atoms with van der Waals surface area (Å²) in [5.74, 6) is -0.991. The second-order valence-electron chi connectivity index (χ2n) is 5.48. The molecule has 1 aromatic carbocycles. The minimum absolute atomic E-state index is 0.153. The minimum atomic E-state index is -0.991. The third-order valence-corrected chi connectivity index (χ3v) is 3.72. The lowest BCUT2D eigenvalue weighted by molar-refractivity contribution is 0.0698. The molecule has 0 radical (unpaired) electrons. The molecule has 110 valence electrons. The van der Waals surface area contributed by atoms with Gasteiger partial charge in [0.15, 0.2) is 0 Å². The molecular weight excluding hydrogens is 254 g/mol. The average Bonchev–Trinajstić information content (AvgIpc) is 2.42. The largest absolute Gasteiger partial charge is 0.478 e. The van der Waals surface area contributed by atoms with Crippen LogP contribution in [0.2, 0.25) is 0 Å². The zero-order valence-electron chi connectivity index (χ0n) is 11.9. The topological polar surface area (TPSA) is 78.6 Å². The number of nitrogen functional groups attached to an aromatic ring is 1. The van der Waals surface area contributed by atoms with Crippen LogP contribution in [0.5, 0.6) is 0 Å². The summed E-state index contributed by atoms with van der Waals surface area (Å²) in [5, 5.41) is 12.4. The van der Waals surface area contributed by atoms with E-state index in [0.29, 0.717) is 11.4 Å². The fraction of sp³-hybridized carbons (Fsp3) is 0.533. The molecule has 2 rings (SSSR count). The van der Waals surface area contributed by atoms with Crippen molar-refractivity contribution in [2.75, 3.05) is 30.7 Å². The summed E-state index contributed by atoms with van der Waals surface area (Å²) in [6.07, 6.45) is 3.86. The van der Waals surface area contributed by atoms with Crippen LogP contribution in [0.15, 0.2) is 18.2 Å². The lowest BCUT2D eigenvalue weighted by Gasteiger charge is -2.30. The zero-order chi connectivity index (χ0) is 14.5. The molecule has 1 aliphatic rings. The van der Waals surface area contributed by atoms with Crippen LogP contribution in [0.25, 0.3) is 0 Å². The van der Waals surface area contributed by atoms with Gasteiger partial charge in [0.2, 0.25) is 0 Å². The Morgan fingerprint density at radius 2 is 2.10 bits per heavy atom. The van der Waals surface area contributed by atoms with E-state index in [-0.39, 0.29) is 11.6 Å². The zero-order valence-corrected chi connectivity index (χ0v) is 11.9. The van der Waals surface area contributed by atoms with E-state index in [2.05, 4.69) is 17.1 Å². The molecule has 0 aliphatic carbocycles. The molecule has 1 atom stereocenters. The van der Waals surface area contributed by atoms with Crippen molar-refractivity contribution in [2.45, 2.75) is 32.2 Å². The first-order valence-corrected chi connectivity index (χ1v) is 7.18. The Balaban J connectivity index is 1.98. The van der Waals surface area contributed by atoms with E-state index in [0.717, 1.165) is 19.6 Å². The number of carboxylic acid groups (broad SMARTS) is 1. The smallest absolute Gasteiger partial charge is 0.337 e. The molecule has 1 aliphatic heterocycles. The van der Waals surface area contributed by atoms with Gasteiger partial charge >= 0.3 is 5.97 Å². The highest BCUT2D eigenvalue weighted by molar-refractivity contribution is 5.97. The van der Waals surface area contributed by atoms with Gasteiger partial charge in [-0.05, 0) is 45.0 Å². The van der Waals surface area contributed by atoms with Gasteiger partial charge in [0, 0.05) is 12.6 Å². The summed E-state index contributed by atoms with van der Waals surface area (Å²) in [4.78, 5) is 13.5. The molecule has 4 N–H and O–H groups in total. The van der Waals surface area contributed by atoms with Crippen molar-refractivity contribution in [3.63, 3.8) is 0 Å². The number of piperidine rings is 1. The molecule has 1 saturated heterocycles. The summed E-state index contributed by atoms with van der Waals surface area (Å²) in [5.41, 5.74) is 7.08. The van der Waals surface area contributed by atoms with Gasteiger partial charge in [-0.1, -0.05) is 12.5 Å². The van der Waals surface area contributed by atoms with Gasteiger partial charge in [0.05, 0.1) is 16.9 Å². The Hall–Kier alpha value is -1.75. The predicted molar refractivity (Wildman–Crippen MR) is 81.2 cm³/mol. The number of likely N-dealkylation sites (tertiary alicyclic amines) is 1. The Morgan fingerprint density at radius 3 is 2.75 bits per heavy atom. The van der Waals surface area contributed by atoms with Crippen LogP contribution in [0.1, 0.15) is 36.5 Å². The van der Waals surface area contributed by atoms with Crippen LogP contribution < -0.4 is 11.1 Å². The van der Waals surface area contributed by atoms with E-state index in [4.69, 9.17) is 10.8 Å². The van der Waals surface area contributed by atoms with Crippen LogP contribution in [-0.4, -0.2) is 41.7 Å². The maximum Gasteiger partial charge on any atom is 0.337 e. The third-order valence-electron chi connectivity index (χ3n) is 3.72. The Morgan fingerprint density at radius 1 is 1.40 bits per heavy atom. The lowest BCUT2D eigenvalue weighted by atomic mass is 10.1. The van der Waals surface area contributed by atoms with Crippen molar-refractivity contribution >= 4 is 17.3 Å². The first-order valence-electron chi connectivity index (χ1n) is 7.18. The van der Waals surface area contributed by atoms with Crippen LogP contribution in [0.4, 0.5) is 11.4 Å². The number of nitrogens with two attached hydrogens (primary N) is 1. The normalized spacial score (nSPS) is 17.6. The Bertz CT molecular complexity index is 470. The van der Waals surface area contributed by atoms with Crippen molar-refractivity contribution in [3.8, 4) is 0 Å². The molecule has 0 bridgehead atoms. The molecule has 0 saturated carbocycles. The number of carbonyl (C=O) groups is 1. The highest BCUT2D eigenvalue weighted by atomic mass is 16.4. The van der Waals surface area contributed by atoms with E-state index in [1.807, 2.05) is 6.07 Å². The summed E-state index contributed by atoms with van der Waals surface area (Å²) in [6.45, 7) is 5.35. The number of rotatable bonds is 5. The van der Waals surface area contributed by atoms with E-state index < -0.39 is 5.97 Å². The van der Waals surface area contributed by atoms with Crippen molar-refractivity contribution in [2.24, 2.45) is 0 Å².